The highest BCUT2D eigenvalue weighted by Crippen LogP contribution is 2.36. The first-order valence-corrected chi connectivity index (χ1v) is 11.1. The number of hydrogen-bond acceptors (Lipinski definition) is 5. The first-order valence-electron chi connectivity index (χ1n) is 11.1. The highest BCUT2D eigenvalue weighted by molar-refractivity contribution is 6.46. The minimum Gasteiger partial charge on any atom is -0.493 e. The third-order valence-corrected chi connectivity index (χ3v) is 5.52. The van der Waals surface area contributed by atoms with Crippen molar-refractivity contribution in [3.63, 3.8) is 0 Å². The number of imide groups is 1. The summed E-state index contributed by atoms with van der Waals surface area (Å²) in [5.74, 6) is 0.264. The molecule has 6 heteroatoms. The molecule has 1 heterocycles. The van der Waals surface area contributed by atoms with Crippen LogP contribution in [0.4, 0.5) is 11.4 Å². The van der Waals surface area contributed by atoms with E-state index >= 15 is 0 Å². The zero-order valence-corrected chi connectivity index (χ0v) is 19.4. The van der Waals surface area contributed by atoms with Gasteiger partial charge in [0.25, 0.3) is 11.8 Å². The van der Waals surface area contributed by atoms with Crippen LogP contribution < -0.4 is 14.5 Å². The van der Waals surface area contributed by atoms with E-state index in [-0.39, 0.29) is 5.70 Å². The molecule has 2 amide bonds. The molecule has 0 saturated carbocycles. The van der Waals surface area contributed by atoms with Crippen molar-refractivity contribution in [3.05, 3.63) is 95.7 Å². The van der Waals surface area contributed by atoms with E-state index in [1.807, 2.05) is 42.5 Å². The van der Waals surface area contributed by atoms with Crippen molar-refractivity contribution in [1.82, 2.24) is 0 Å². The summed E-state index contributed by atoms with van der Waals surface area (Å²) in [4.78, 5) is 30.2. The van der Waals surface area contributed by atoms with Gasteiger partial charge in [-0.25, -0.2) is 4.90 Å². The molecule has 3 aromatic rings. The van der Waals surface area contributed by atoms with Crippen molar-refractivity contribution in [2.75, 3.05) is 23.5 Å². The fourth-order valence-electron chi connectivity index (χ4n) is 3.77. The molecule has 4 rings (SSSR count). The summed E-state index contributed by atoms with van der Waals surface area (Å²) in [5.41, 5.74) is 2.89. The highest BCUT2D eigenvalue weighted by Gasteiger charge is 2.42. The molecule has 3 aromatic carbocycles. The van der Waals surface area contributed by atoms with Gasteiger partial charge in [-0.15, -0.1) is 0 Å². The van der Waals surface area contributed by atoms with Gasteiger partial charge in [-0.2, -0.15) is 5.26 Å². The largest absolute Gasteiger partial charge is 0.493 e. The number of para-hydroxylation sites is 1. The number of carbonyl (C=O) groups is 2. The van der Waals surface area contributed by atoms with Crippen LogP contribution in [-0.4, -0.2) is 25.5 Å². The Morgan fingerprint density at radius 3 is 2.15 bits per heavy atom. The number of carbonyl (C=O) groups excluding carboxylic acids is 2. The summed E-state index contributed by atoms with van der Waals surface area (Å²) in [6, 6.07) is 25.1. The Morgan fingerprint density at radius 1 is 0.912 bits per heavy atom. The maximum Gasteiger partial charge on any atom is 0.282 e. The highest BCUT2D eigenvalue weighted by atomic mass is 16.5. The Labute approximate surface area is 199 Å². The first kappa shape index (κ1) is 22.8. The molecule has 0 unspecified atom stereocenters. The summed E-state index contributed by atoms with van der Waals surface area (Å²) in [6.45, 7) is 4.74. The Balaban J connectivity index is 1.77. The molecule has 6 nitrogen and oxygen atoms in total. The maximum atomic E-state index is 13.6. The van der Waals surface area contributed by atoms with Gasteiger partial charge in [-0.05, 0) is 60.0 Å². The summed E-state index contributed by atoms with van der Waals surface area (Å²) in [5, 5.41) is 9.10. The van der Waals surface area contributed by atoms with E-state index in [1.165, 1.54) is 0 Å². The molecule has 0 aromatic heterocycles. The maximum absolute atomic E-state index is 13.6. The van der Waals surface area contributed by atoms with Crippen LogP contribution in [0.25, 0.3) is 5.57 Å². The number of nitriles is 1. The number of amides is 2. The van der Waals surface area contributed by atoms with Crippen LogP contribution in [0.2, 0.25) is 0 Å². The second-order valence-electron chi connectivity index (χ2n) is 8.45. The third-order valence-electron chi connectivity index (χ3n) is 5.52. The molecule has 0 saturated heterocycles. The predicted molar refractivity (Wildman–Crippen MR) is 132 cm³/mol. The van der Waals surface area contributed by atoms with Crippen LogP contribution in [0.15, 0.2) is 84.6 Å². The molecule has 34 heavy (non-hydrogen) atoms. The fourth-order valence-corrected chi connectivity index (χ4v) is 3.77. The van der Waals surface area contributed by atoms with Gasteiger partial charge in [-0.1, -0.05) is 44.2 Å². The lowest BCUT2D eigenvalue weighted by molar-refractivity contribution is -0.120. The topological polar surface area (TPSA) is 73.6 Å². The third kappa shape index (κ3) is 4.41. The lowest BCUT2D eigenvalue weighted by Gasteiger charge is -2.21. The van der Waals surface area contributed by atoms with E-state index in [0.717, 1.165) is 10.6 Å². The van der Waals surface area contributed by atoms with Crippen molar-refractivity contribution >= 4 is 28.8 Å². The zero-order valence-electron chi connectivity index (χ0n) is 19.4. The normalized spacial score (nSPS) is 13.4. The predicted octanol–water partition coefficient (Wildman–Crippen LogP) is 5.01. The van der Waals surface area contributed by atoms with Gasteiger partial charge >= 0.3 is 0 Å². The van der Waals surface area contributed by atoms with Gasteiger partial charge < -0.3 is 9.64 Å². The lowest BCUT2D eigenvalue weighted by atomic mass is 10.0. The molecule has 0 spiro atoms. The Kier molecular flexibility index (Phi) is 6.46. The zero-order chi connectivity index (χ0) is 24.2. The molecule has 0 atom stereocenters. The van der Waals surface area contributed by atoms with E-state index in [0.29, 0.717) is 40.7 Å². The second-order valence-corrected chi connectivity index (χ2v) is 8.45. The van der Waals surface area contributed by atoms with Crippen molar-refractivity contribution in [1.29, 1.82) is 5.26 Å². The van der Waals surface area contributed by atoms with E-state index in [9.17, 15) is 9.59 Å². The Bertz CT molecular complexity index is 1270. The number of nitrogens with zero attached hydrogens (tertiary/aromatic N) is 3. The smallest absolute Gasteiger partial charge is 0.282 e. The average Bonchev–Trinajstić information content (AvgIpc) is 3.13. The molecule has 0 bridgehead atoms. The van der Waals surface area contributed by atoms with Gasteiger partial charge in [0.1, 0.15) is 11.4 Å². The molecule has 0 radical (unpaired) electrons. The molecule has 170 valence electrons. The Morgan fingerprint density at radius 2 is 1.56 bits per heavy atom. The number of ether oxygens (including phenoxy) is 1. The molecule has 0 aliphatic carbocycles. The molecule has 1 aliphatic rings. The van der Waals surface area contributed by atoms with Gasteiger partial charge in [0, 0.05) is 12.7 Å². The first-order chi connectivity index (χ1) is 16.4. The summed E-state index contributed by atoms with van der Waals surface area (Å²) in [7, 11) is 1.78. The quantitative estimate of drug-likeness (QED) is 0.472. The fraction of sp³-hybridized carbons (Fsp3) is 0.179. The van der Waals surface area contributed by atoms with Crippen LogP contribution in [0.1, 0.15) is 25.0 Å². The standard InChI is InChI=1S/C28H25N3O3/c1-19(2)18-34-24-15-11-21(12-16-24)25-26(30(3)22-7-5-4-6-8-22)28(33)31(27(25)32)23-13-9-20(17-29)10-14-23/h4-16,19H,18H2,1-3H3. The minimum atomic E-state index is -0.420. The van der Waals surface area contributed by atoms with Crippen LogP contribution >= 0.6 is 0 Å². The van der Waals surface area contributed by atoms with Gasteiger partial charge in [0.15, 0.2) is 0 Å². The van der Waals surface area contributed by atoms with Crippen molar-refractivity contribution in [2.45, 2.75) is 13.8 Å². The summed E-state index contributed by atoms with van der Waals surface area (Å²) < 4.78 is 5.77. The van der Waals surface area contributed by atoms with E-state index in [4.69, 9.17) is 10.00 Å². The lowest BCUT2D eigenvalue weighted by Crippen LogP contribution is -2.34. The number of benzene rings is 3. The van der Waals surface area contributed by atoms with Gasteiger partial charge in [0.05, 0.1) is 29.5 Å². The molecule has 0 fully saturated rings. The van der Waals surface area contributed by atoms with Crippen LogP contribution in [-0.2, 0) is 9.59 Å². The van der Waals surface area contributed by atoms with Crippen molar-refractivity contribution in [2.24, 2.45) is 5.92 Å². The van der Waals surface area contributed by atoms with Crippen LogP contribution in [0.3, 0.4) is 0 Å². The summed E-state index contributed by atoms with van der Waals surface area (Å²) >= 11 is 0. The van der Waals surface area contributed by atoms with Crippen molar-refractivity contribution in [3.8, 4) is 11.8 Å². The molecular formula is C28H25N3O3. The van der Waals surface area contributed by atoms with Crippen molar-refractivity contribution < 1.29 is 14.3 Å². The van der Waals surface area contributed by atoms with E-state index in [1.54, 1.807) is 48.3 Å². The Hall–Kier alpha value is -4.37. The minimum absolute atomic E-state index is 0.288. The van der Waals surface area contributed by atoms with E-state index < -0.39 is 11.8 Å². The van der Waals surface area contributed by atoms with E-state index in [2.05, 4.69) is 19.9 Å². The number of likely N-dealkylation sites (N-methyl/N-ethyl adjacent to an activating group) is 1. The van der Waals surface area contributed by atoms with Gasteiger partial charge in [0.2, 0.25) is 0 Å². The SMILES string of the molecule is CC(C)COc1ccc(C2=C(N(C)c3ccccc3)C(=O)N(c3ccc(C#N)cc3)C2=O)cc1. The van der Waals surface area contributed by atoms with Gasteiger partial charge in [-0.3, -0.25) is 9.59 Å². The molecular weight excluding hydrogens is 426 g/mol. The molecule has 1 aliphatic heterocycles. The average molecular weight is 452 g/mol. The van der Waals surface area contributed by atoms with Crippen LogP contribution in [0.5, 0.6) is 5.75 Å². The second kappa shape index (κ2) is 9.63. The van der Waals surface area contributed by atoms with Crippen LogP contribution in [0, 0.1) is 17.2 Å². The monoisotopic (exact) mass is 451 g/mol. The number of anilines is 2. The molecule has 0 N–H and O–H groups in total. The number of rotatable bonds is 7. The number of hydrogen-bond donors (Lipinski definition) is 0. The summed E-state index contributed by atoms with van der Waals surface area (Å²) in [6.07, 6.45) is 0.